The van der Waals surface area contributed by atoms with Gasteiger partial charge in [-0.05, 0) is 0 Å². The Labute approximate surface area is 281 Å². The number of nitrogens with one attached hydrogen (secondary N) is 2. The molecule has 0 aliphatic carbocycles. The minimum absolute atomic E-state index is 0.142. The number of halogens is 2. The molecule has 4 aromatic heterocycles. The molecular formula is C24H28F2N10O8P2S2. The summed E-state index contributed by atoms with van der Waals surface area (Å²) in [6.45, 7) is -0.832. The van der Waals surface area contributed by atoms with Crippen molar-refractivity contribution >= 4 is 72.9 Å². The van der Waals surface area contributed by atoms with Gasteiger partial charge in [-0.2, -0.15) is 0 Å². The van der Waals surface area contributed by atoms with Crippen molar-refractivity contribution in [3.05, 3.63) is 25.3 Å². The number of nitrogens with zero attached hydrogens (tertiary/aromatic N) is 8. The normalized spacial score (nSPS) is 28.4. The van der Waals surface area contributed by atoms with E-state index in [1.165, 1.54) is 34.4 Å². The predicted octanol–water partition coefficient (Wildman–Crippen LogP) is 1.36. The molecule has 4 unspecified atom stereocenters. The first-order valence-electron chi connectivity index (χ1n) is 14.1. The largest absolute Gasteiger partial charge is 0.394 e. The van der Waals surface area contributed by atoms with Crippen LogP contribution in [0.15, 0.2) is 25.3 Å². The van der Waals surface area contributed by atoms with Crippen molar-refractivity contribution in [1.82, 2.24) is 39.0 Å². The number of thiol groups is 2. The molecule has 24 heteroatoms. The molecule has 18 nitrogen and oxygen atoms in total. The summed E-state index contributed by atoms with van der Waals surface area (Å²) in [6.07, 6.45) is -5.64. The summed E-state index contributed by atoms with van der Waals surface area (Å²) in [7, 11) is -5.60. The van der Waals surface area contributed by atoms with Gasteiger partial charge in [0.15, 0.2) is 58.8 Å². The average molecular weight is 749 g/mol. The molecule has 0 radical (unpaired) electrons. The molecule has 0 bridgehead atoms. The van der Waals surface area contributed by atoms with E-state index in [1.54, 1.807) is 0 Å². The monoisotopic (exact) mass is 748 g/mol. The minimum atomic E-state index is -2.80. The lowest BCUT2D eigenvalue weighted by Crippen LogP contribution is -2.31. The summed E-state index contributed by atoms with van der Waals surface area (Å²) in [5, 5.41) is 25.3. The molecule has 6 heterocycles. The number of ether oxygens (including phenoxy) is 2. The average Bonchev–Trinajstić information content (AvgIpc) is 3.83. The molecule has 48 heavy (non-hydrogen) atoms. The molecule has 4 N–H and O–H groups in total. The van der Waals surface area contributed by atoms with Crippen molar-refractivity contribution in [2.24, 2.45) is 0 Å². The molecule has 2 aliphatic heterocycles. The number of aromatic nitrogens is 8. The fourth-order valence-electron chi connectivity index (χ4n) is 5.36. The van der Waals surface area contributed by atoms with Crippen LogP contribution in [0.2, 0.25) is 0 Å². The van der Waals surface area contributed by atoms with Gasteiger partial charge in [0.05, 0.1) is 39.0 Å². The van der Waals surface area contributed by atoms with Crippen LogP contribution >= 0.6 is 39.0 Å². The smallest absolute Gasteiger partial charge is 0.243 e. The maximum Gasteiger partial charge on any atom is 0.243 e. The molecule has 6 rings (SSSR count). The second-order valence-electron chi connectivity index (χ2n) is 10.2. The summed E-state index contributed by atoms with van der Waals surface area (Å²) in [5.74, 6) is 6.49. The SMILES string of the molecule is O=[PH](S)O[C@@H]1[C@@H](CO)OC(n2cnc3c(NCC#CCNc4ncnc5c4ncn5[C@@H]4OC(CO)[C@@H](O[PH](=O)S)[C@H]4F)ncnc32)[C@@H]1F. The van der Waals surface area contributed by atoms with E-state index in [1.807, 2.05) is 0 Å². The maximum absolute atomic E-state index is 15.2. The van der Waals surface area contributed by atoms with E-state index in [0.717, 1.165) is 0 Å². The highest BCUT2D eigenvalue weighted by molar-refractivity contribution is 8.39. The van der Waals surface area contributed by atoms with E-state index >= 15 is 8.78 Å². The summed E-state index contributed by atoms with van der Waals surface area (Å²) < 4.78 is 77.5. The van der Waals surface area contributed by atoms with Gasteiger partial charge in [-0.3, -0.25) is 18.3 Å². The number of aliphatic hydroxyl groups is 2. The van der Waals surface area contributed by atoms with Gasteiger partial charge in [-0.15, -0.1) is 0 Å². The summed E-state index contributed by atoms with van der Waals surface area (Å²) in [4.78, 5) is 25.3. The number of fused-ring (bicyclic) bond motifs is 2. The molecule has 258 valence electrons. The van der Waals surface area contributed by atoms with E-state index in [0.29, 0.717) is 22.7 Å². The lowest BCUT2D eigenvalue weighted by atomic mass is 10.1. The minimum Gasteiger partial charge on any atom is -0.394 e. The van der Waals surface area contributed by atoms with Crippen LogP contribution < -0.4 is 10.6 Å². The second kappa shape index (κ2) is 15.3. The third kappa shape index (κ3) is 7.03. The van der Waals surface area contributed by atoms with E-state index < -0.39 is 76.9 Å². The van der Waals surface area contributed by atoms with Crippen molar-refractivity contribution in [3.63, 3.8) is 0 Å². The molecule has 0 amide bonds. The van der Waals surface area contributed by atoms with E-state index in [4.69, 9.17) is 18.5 Å². The molecule has 2 fully saturated rings. The van der Waals surface area contributed by atoms with Crippen LogP contribution in [0.4, 0.5) is 20.4 Å². The molecule has 0 aromatic carbocycles. The van der Waals surface area contributed by atoms with E-state index in [-0.39, 0.29) is 24.4 Å². The highest BCUT2D eigenvalue weighted by Gasteiger charge is 2.49. The Hall–Kier alpha value is -2.96. The van der Waals surface area contributed by atoms with Gasteiger partial charge >= 0.3 is 0 Å². The topological polar surface area (TPSA) is 223 Å². The third-order valence-corrected chi connectivity index (χ3v) is 9.03. The summed E-state index contributed by atoms with van der Waals surface area (Å²) in [6, 6.07) is 0. The fourth-order valence-corrected chi connectivity index (χ4v) is 7.12. The van der Waals surface area contributed by atoms with Crippen molar-refractivity contribution in [3.8, 4) is 11.8 Å². The zero-order valence-electron chi connectivity index (χ0n) is 24.3. The Kier molecular flexibility index (Phi) is 11.1. The Morgan fingerprint density at radius 1 is 0.771 bits per heavy atom. The first-order valence-corrected chi connectivity index (χ1v) is 19.3. The van der Waals surface area contributed by atoms with Crippen LogP contribution in [0.5, 0.6) is 0 Å². The van der Waals surface area contributed by atoms with Crippen LogP contribution in [0.25, 0.3) is 22.3 Å². The number of imidazole rings is 2. The molecule has 10 atom stereocenters. The summed E-state index contributed by atoms with van der Waals surface area (Å²) >= 11 is 7.41. The Morgan fingerprint density at radius 2 is 1.19 bits per heavy atom. The number of alkyl halides is 2. The van der Waals surface area contributed by atoms with Gasteiger partial charge in [-0.25, -0.2) is 38.7 Å². The van der Waals surface area contributed by atoms with Crippen LogP contribution in [0.3, 0.4) is 0 Å². The standard InChI is InChI=1S/C24H28F2N10O8P2S2/c25-13-17(43-45(39)47)11(5-37)41-23(13)35-9-33-15-19(29-7-31-21(15)35)27-3-1-2-4-28-20-16-22(32-8-30-20)36(10-34-16)24-14(26)18(44-46(40)48)12(6-38)42-24/h7-14,17-18,23-24,37-38,45-46H,3-6H2,(H,39,47)(H,40,48)(H,27,29,31)(H,28,30,32)/t11-,12?,13-,14-,17-,18-,23?,24-/m1/s1. The van der Waals surface area contributed by atoms with Crippen LogP contribution in [0.1, 0.15) is 12.5 Å². The van der Waals surface area contributed by atoms with Crippen molar-refractivity contribution in [1.29, 1.82) is 0 Å². The first-order chi connectivity index (χ1) is 23.2. The molecule has 2 aliphatic rings. The molecule has 4 aromatic rings. The number of aliphatic hydroxyl groups excluding tert-OH is 2. The van der Waals surface area contributed by atoms with Gasteiger partial charge in [0.25, 0.3) is 0 Å². The highest BCUT2D eigenvalue weighted by atomic mass is 32.7. The third-order valence-electron chi connectivity index (χ3n) is 7.45. The quantitative estimate of drug-likeness (QED) is 0.0684. The number of hydrogen-bond acceptors (Lipinski definition) is 16. The van der Waals surface area contributed by atoms with Gasteiger partial charge in [0, 0.05) is 0 Å². The van der Waals surface area contributed by atoms with Crippen molar-refractivity contribution < 1.29 is 46.6 Å². The first kappa shape index (κ1) is 34.9. The lowest BCUT2D eigenvalue weighted by Gasteiger charge is -2.16. The molecule has 0 saturated carbocycles. The van der Waals surface area contributed by atoms with Crippen LogP contribution in [-0.4, -0.2) is 112 Å². The van der Waals surface area contributed by atoms with Crippen LogP contribution in [-0.2, 0) is 27.7 Å². The van der Waals surface area contributed by atoms with Crippen molar-refractivity contribution in [2.75, 3.05) is 36.9 Å². The fraction of sp³-hybridized carbons (Fsp3) is 0.500. The molecule has 0 spiro atoms. The van der Waals surface area contributed by atoms with Crippen LogP contribution in [0, 0.1) is 11.8 Å². The predicted molar refractivity (Wildman–Crippen MR) is 173 cm³/mol. The van der Waals surface area contributed by atoms with Gasteiger partial charge in [-0.1, -0.05) is 36.3 Å². The number of anilines is 2. The van der Waals surface area contributed by atoms with Gasteiger partial charge in [0.2, 0.25) is 14.5 Å². The lowest BCUT2D eigenvalue weighted by molar-refractivity contribution is -0.0427. The van der Waals surface area contributed by atoms with Gasteiger partial charge in [0.1, 0.15) is 37.1 Å². The molecular weight excluding hydrogens is 720 g/mol. The Bertz CT molecular complexity index is 1750. The second-order valence-corrected chi connectivity index (χ2v) is 14.0. The zero-order valence-corrected chi connectivity index (χ0v) is 28.1. The zero-order chi connectivity index (χ0) is 33.9. The summed E-state index contributed by atoms with van der Waals surface area (Å²) in [5.41, 5.74) is 1.11. The maximum atomic E-state index is 15.2. The Morgan fingerprint density at radius 3 is 1.56 bits per heavy atom. The van der Waals surface area contributed by atoms with Crippen molar-refractivity contribution in [2.45, 2.75) is 49.2 Å². The van der Waals surface area contributed by atoms with E-state index in [9.17, 15) is 19.3 Å². The van der Waals surface area contributed by atoms with E-state index in [2.05, 4.69) is 76.9 Å². The highest BCUT2D eigenvalue weighted by Crippen LogP contribution is 2.42. The number of hydrogen-bond donors (Lipinski definition) is 6. The number of rotatable bonds is 12. The van der Waals surface area contributed by atoms with Gasteiger partial charge < -0.3 is 39.4 Å². The Balaban J connectivity index is 1.08. The molecule has 2 saturated heterocycles.